The van der Waals surface area contributed by atoms with E-state index in [4.69, 9.17) is 9.52 Å². The average molecular weight is 222 g/mol. The first-order valence-electron chi connectivity index (χ1n) is 4.59. The molecule has 0 radical (unpaired) electrons. The van der Waals surface area contributed by atoms with Crippen molar-refractivity contribution in [1.82, 2.24) is 20.2 Å². The lowest BCUT2D eigenvalue weighted by atomic mass is 10.1. The first-order chi connectivity index (χ1) is 7.51. The Bertz CT molecular complexity index is 501. The van der Waals surface area contributed by atoms with Gasteiger partial charge in [-0.25, -0.2) is 4.79 Å². The van der Waals surface area contributed by atoms with E-state index < -0.39 is 11.5 Å². The van der Waals surface area contributed by atoms with E-state index in [1.54, 1.807) is 12.1 Å². The Balaban J connectivity index is 2.37. The molecule has 2 aromatic heterocycles. The number of furan rings is 1. The number of tetrazole rings is 1. The second-order valence-corrected chi connectivity index (χ2v) is 3.74. The number of hydrogen-bond acceptors (Lipinski definition) is 5. The molecule has 0 aliphatic heterocycles. The summed E-state index contributed by atoms with van der Waals surface area (Å²) in [5.41, 5.74) is -1.24. The van der Waals surface area contributed by atoms with Gasteiger partial charge >= 0.3 is 5.97 Å². The van der Waals surface area contributed by atoms with Gasteiger partial charge in [-0.15, -0.1) is 15.0 Å². The van der Waals surface area contributed by atoms with Crippen LogP contribution in [0.2, 0.25) is 0 Å². The summed E-state index contributed by atoms with van der Waals surface area (Å²) in [7, 11) is 0. The highest BCUT2D eigenvalue weighted by atomic mass is 16.4. The standard InChI is InChI=1S/C9H10N4O3/c1-9(2,8(14)15)13-11-7(10-12-13)6-4-3-5-16-6/h3-5H,1-2H3,(H,14,15). The normalized spacial score (nSPS) is 11.6. The number of hydrogen-bond donors (Lipinski definition) is 1. The second kappa shape index (κ2) is 3.44. The van der Waals surface area contributed by atoms with Crippen LogP contribution in [-0.4, -0.2) is 31.3 Å². The maximum atomic E-state index is 11.0. The Kier molecular flexibility index (Phi) is 2.22. The van der Waals surface area contributed by atoms with Gasteiger partial charge in [-0.2, -0.15) is 0 Å². The third kappa shape index (κ3) is 1.56. The molecule has 0 atom stereocenters. The molecule has 2 rings (SSSR count). The quantitative estimate of drug-likeness (QED) is 0.823. The zero-order valence-electron chi connectivity index (χ0n) is 8.78. The zero-order valence-corrected chi connectivity index (χ0v) is 8.78. The molecule has 0 spiro atoms. The second-order valence-electron chi connectivity index (χ2n) is 3.74. The highest BCUT2D eigenvalue weighted by Gasteiger charge is 2.32. The van der Waals surface area contributed by atoms with Gasteiger partial charge in [-0.3, -0.25) is 0 Å². The van der Waals surface area contributed by atoms with Crippen LogP contribution in [0.4, 0.5) is 0 Å². The fourth-order valence-electron chi connectivity index (χ4n) is 1.04. The van der Waals surface area contributed by atoms with Gasteiger partial charge in [0.05, 0.1) is 6.26 Å². The van der Waals surface area contributed by atoms with Gasteiger partial charge in [0.15, 0.2) is 11.3 Å². The maximum absolute atomic E-state index is 11.0. The fourth-order valence-corrected chi connectivity index (χ4v) is 1.04. The molecule has 0 aromatic carbocycles. The van der Waals surface area contributed by atoms with E-state index in [-0.39, 0.29) is 5.82 Å². The number of carbonyl (C=O) groups is 1. The number of aromatic nitrogens is 4. The summed E-state index contributed by atoms with van der Waals surface area (Å²) in [6.45, 7) is 2.98. The summed E-state index contributed by atoms with van der Waals surface area (Å²) in [6, 6.07) is 3.37. The topological polar surface area (TPSA) is 94.0 Å². The molecule has 84 valence electrons. The van der Waals surface area contributed by atoms with Crippen LogP contribution in [0.1, 0.15) is 13.8 Å². The maximum Gasteiger partial charge on any atom is 0.333 e. The van der Waals surface area contributed by atoms with Crippen molar-refractivity contribution in [3.8, 4) is 11.6 Å². The molecule has 7 heteroatoms. The third-order valence-electron chi connectivity index (χ3n) is 2.18. The van der Waals surface area contributed by atoms with Crippen molar-refractivity contribution in [2.45, 2.75) is 19.4 Å². The van der Waals surface area contributed by atoms with Crippen LogP contribution >= 0.6 is 0 Å². The van der Waals surface area contributed by atoms with Gasteiger partial charge in [0.1, 0.15) is 0 Å². The molecule has 0 unspecified atom stereocenters. The van der Waals surface area contributed by atoms with Gasteiger partial charge in [-0.05, 0) is 31.2 Å². The van der Waals surface area contributed by atoms with E-state index >= 15 is 0 Å². The number of carboxylic acid groups (broad SMARTS) is 1. The number of aliphatic carboxylic acids is 1. The SMILES string of the molecule is CC(C)(C(=O)O)n1nnc(-c2ccco2)n1. The van der Waals surface area contributed by atoms with E-state index in [1.165, 1.54) is 20.1 Å². The summed E-state index contributed by atoms with van der Waals surface area (Å²) in [6.07, 6.45) is 1.48. The smallest absolute Gasteiger partial charge is 0.333 e. The lowest BCUT2D eigenvalue weighted by Gasteiger charge is -2.16. The minimum Gasteiger partial charge on any atom is -0.479 e. The molecule has 0 saturated carbocycles. The lowest BCUT2D eigenvalue weighted by molar-refractivity contribution is -0.146. The number of nitrogens with zero attached hydrogens (tertiary/aromatic N) is 4. The molecule has 2 aromatic rings. The van der Waals surface area contributed by atoms with E-state index in [9.17, 15) is 4.79 Å². The Morgan fingerprint density at radius 1 is 1.56 bits per heavy atom. The average Bonchev–Trinajstić information content (AvgIpc) is 2.88. The first kappa shape index (κ1) is 10.3. The molecule has 0 aliphatic rings. The van der Waals surface area contributed by atoms with E-state index in [0.717, 1.165) is 4.80 Å². The largest absolute Gasteiger partial charge is 0.479 e. The number of carboxylic acids is 1. The minimum absolute atomic E-state index is 0.263. The zero-order chi connectivity index (χ0) is 11.8. The van der Waals surface area contributed by atoms with Gasteiger partial charge in [0.25, 0.3) is 0 Å². The van der Waals surface area contributed by atoms with Crippen LogP contribution in [0, 0.1) is 0 Å². The molecule has 0 aliphatic carbocycles. The van der Waals surface area contributed by atoms with Crippen LogP contribution in [-0.2, 0) is 10.3 Å². The van der Waals surface area contributed by atoms with Crippen molar-refractivity contribution < 1.29 is 14.3 Å². The van der Waals surface area contributed by atoms with Gasteiger partial charge < -0.3 is 9.52 Å². The molecule has 0 bridgehead atoms. The van der Waals surface area contributed by atoms with Crippen LogP contribution in [0.15, 0.2) is 22.8 Å². The predicted octanol–water partition coefficient (Wildman–Crippen LogP) is 0.753. The summed E-state index contributed by atoms with van der Waals surface area (Å²) in [4.78, 5) is 12.0. The molecule has 0 saturated heterocycles. The van der Waals surface area contributed by atoms with Gasteiger partial charge in [-0.1, -0.05) is 0 Å². The Morgan fingerprint density at radius 3 is 2.88 bits per heavy atom. The molecule has 2 heterocycles. The van der Waals surface area contributed by atoms with Crippen molar-refractivity contribution in [3.63, 3.8) is 0 Å². The highest BCUT2D eigenvalue weighted by molar-refractivity contribution is 5.75. The fraction of sp³-hybridized carbons (Fsp3) is 0.333. The summed E-state index contributed by atoms with van der Waals surface area (Å²) in [5, 5.41) is 20.4. The third-order valence-corrected chi connectivity index (χ3v) is 2.18. The van der Waals surface area contributed by atoms with Gasteiger partial charge in [0, 0.05) is 0 Å². The predicted molar refractivity (Wildman–Crippen MR) is 52.5 cm³/mol. The molecular formula is C9H10N4O3. The van der Waals surface area contributed by atoms with Gasteiger partial charge in [0.2, 0.25) is 5.82 Å². The molecule has 16 heavy (non-hydrogen) atoms. The summed E-state index contributed by atoms with van der Waals surface area (Å²) in [5.74, 6) is -0.317. The van der Waals surface area contributed by atoms with E-state index in [0.29, 0.717) is 5.76 Å². The Morgan fingerprint density at radius 2 is 2.31 bits per heavy atom. The Hall–Kier alpha value is -2.18. The minimum atomic E-state index is -1.24. The molecule has 7 nitrogen and oxygen atoms in total. The van der Waals surface area contributed by atoms with Crippen LogP contribution < -0.4 is 0 Å². The van der Waals surface area contributed by atoms with Crippen LogP contribution in [0.3, 0.4) is 0 Å². The van der Waals surface area contributed by atoms with Crippen molar-refractivity contribution in [2.75, 3.05) is 0 Å². The van der Waals surface area contributed by atoms with Crippen molar-refractivity contribution in [1.29, 1.82) is 0 Å². The molecule has 0 fully saturated rings. The molecule has 0 amide bonds. The monoisotopic (exact) mass is 222 g/mol. The van der Waals surface area contributed by atoms with Crippen molar-refractivity contribution in [2.24, 2.45) is 0 Å². The Labute approximate surface area is 90.7 Å². The lowest BCUT2D eigenvalue weighted by Crippen LogP contribution is -2.37. The summed E-state index contributed by atoms with van der Waals surface area (Å²) < 4.78 is 5.08. The van der Waals surface area contributed by atoms with Crippen LogP contribution in [0.5, 0.6) is 0 Å². The van der Waals surface area contributed by atoms with Crippen molar-refractivity contribution in [3.05, 3.63) is 18.4 Å². The highest BCUT2D eigenvalue weighted by Crippen LogP contribution is 2.17. The summed E-state index contributed by atoms with van der Waals surface area (Å²) >= 11 is 0. The van der Waals surface area contributed by atoms with E-state index in [2.05, 4.69) is 15.4 Å². The molecule has 1 N–H and O–H groups in total. The van der Waals surface area contributed by atoms with Crippen LogP contribution in [0.25, 0.3) is 11.6 Å². The first-order valence-corrected chi connectivity index (χ1v) is 4.59. The van der Waals surface area contributed by atoms with E-state index in [1.807, 2.05) is 0 Å². The van der Waals surface area contributed by atoms with Crippen molar-refractivity contribution >= 4 is 5.97 Å². The molecular weight excluding hydrogens is 212 g/mol. The number of rotatable bonds is 3.